The molecule has 0 unspecified atom stereocenters. The second-order valence-electron chi connectivity index (χ2n) is 8.60. The van der Waals surface area contributed by atoms with Crippen LogP contribution in [-0.2, 0) is 0 Å². The predicted molar refractivity (Wildman–Crippen MR) is 133 cm³/mol. The van der Waals surface area contributed by atoms with Crippen molar-refractivity contribution in [3.63, 3.8) is 0 Å². The quantitative estimate of drug-likeness (QED) is 0.457. The molecule has 174 valence electrons. The summed E-state index contributed by atoms with van der Waals surface area (Å²) in [5, 5.41) is 11.0. The second kappa shape index (κ2) is 9.52. The molecule has 0 atom stereocenters. The van der Waals surface area contributed by atoms with Crippen LogP contribution in [0.2, 0.25) is 0 Å². The van der Waals surface area contributed by atoms with E-state index in [0.717, 1.165) is 54.3 Å². The van der Waals surface area contributed by atoms with Crippen molar-refractivity contribution in [3.05, 3.63) is 72.3 Å². The summed E-state index contributed by atoms with van der Waals surface area (Å²) in [4.78, 5) is 19.5. The molecule has 1 saturated heterocycles. The average molecular weight is 457 g/mol. The van der Waals surface area contributed by atoms with Crippen molar-refractivity contribution >= 4 is 23.2 Å². The molecule has 1 fully saturated rings. The molecular weight excluding hydrogens is 428 g/mol. The number of pyridine rings is 1. The molecular formula is C26H28N6O2. The monoisotopic (exact) mass is 456 g/mol. The summed E-state index contributed by atoms with van der Waals surface area (Å²) < 4.78 is 7.16. The number of hydrogen-bond donors (Lipinski definition) is 2. The maximum absolute atomic E-state index is 12.6. The smallest absolute Gasteiger partial charge is 0.251 e. The Balaban J connectivity index is 1.30. The van der Waals surface area contributed by atoms with E-state index in [4.69, 9.17) is 4.74 Å². The number of piperidine rings is 1. The zero-order chi connectivity index (χ0) is 23.5. The number of methoxy groups -OCH3 is 1. The van der Waals surface area contributed by atoms with Crippen LogP contribution in [-0.4, -0.2) is 58.7 Å². The normalized spacial score (nSPS) is 14.8. The third-order valence-electron chi connectivity index (χ3n) is 6.18. The van der Waals surface area contributed by atoms with Gasteiger partial charge in [-0.25, -0.2) is 4.52 Å². The Kier molecular flexibility index (Phi) is 6.14. The van der Waals surface area contributed by atoms with Gasteiger partial charge in [0.25, 0.3) is 5.91 Å². The molecule has 1 aliphatic rings. The lowest BCUT2D eigenvalue weighted by molar-refractivity contribution is 0.0917. The maximum atomic E-state index is 12.6. The maximum Gasteiger partial charge on any atom is 0.251 e. The molecule has 1 aliphatic heterocycles. The Labute approximate surface area is 198 Å². The Morgan fingerprint density at radius 1 is 1.03 bits per heavy atom. The SMILES string of the molecule is COc1cccc(-c2cccc3nc(Nc4ccc(C(=O)NC5CCN(C)CC5)cc4)nn23)c1. The van der Waals surface area contributed by atoms with Crippen LogP contribution in [0.3, 0.4) is 0 Å². The van der Waals surface area contributed by atoms with Gasteiger partial charge in [0, 0.05) is 22.9 Å². The van der Waals surface area contributed by atoms with E-state index >= 15 is 0 Å². The minimum absolute atomic E-state index is 0.0325. The summed E-state index contributed by atoms with van der Waals surface area (Å²) in [5.41, 5.74) is 4.10. The fourth-order valence-electron chi connectivity index (χ4n) is 4.21. The fourth-order valence-corrected chi connectivity index (χ4v) is 4.21. The van der Waals surface area contributed by atoms with Crippen LogP contribution in [0.25, 0.3) is 16.9 Å². The number of nitrogens with one attached hydrogen (secondary N) is 2. The fraction of sp³-hybridized carbons (Fsp3) is 0.269. The standard InChI is InChI=1S/C26H28N6O2/c1-31-15-13-21(14-16-31)27-25(33)18-9-11-20(12-10-18)28-26-29-24-8-4-7-23(32(24)30-26)19-5-3-6-22(17-19)34-2/h3-12,17,21H,13-16H2,1-2H3,(H,27,33)(H,28,30). The molecule has 8 nitrogen and oxygen atoms in total. The van der Waals surface area contributed by atoms with Gasteiger partial charge in [-0.3, -0.25) is 4.79 Å². The lowest BCUT2D eigenvalue weighted by atomic mass is 10.0. The van der Waals surface area contributed by atoms with Gasteiger partial charge < -0.3 is 20.3 Å². The number of rotatable bonds is 6. The molecule has 4 aromatic rings. The van der Waals surface area contributed by atoms with Crippen molar-refractivity contribution in [2.24, 2.45) is 0 Å². The lowest BCUT2D eigenvalue weighted by Gasteiger charge is -2.29. The highest BCUT2D eigenvalue weighted by atomic mass is 16.5. The molecule has 0 bridgehead atoms. The molecule has 0 radical (unpaired) electrons. The van der Waals surface area contributed by atoms with Gasteiger partial charge in [-0.2, -0.15) is 4.98 Å². The average Bonchev–Trinajstić information content (AvgIpc) is 3.28. The zero-order valence-corrected chi connectivity index (χ0v) is 19.4. The van der Waals surface area contributed by atoms with Gasteiger partial charge in [-0.1, -0.05) is 18.2 Å². The summed E-state index contributed by atoms with van der Waals surface area (Å²) in [6, 6.07) is 21.4. The van der Waals surface area contributed by atoms with Gasteiger partial charge in [0.15, 0.2) is 5.65 Å². The van der Waals surface area contributed by atoms with Crippen molar-refractivity contribution in [1.82, 2.24) is 24.8 Å². The number of fused-ring (bicyclic) bond motifs is 1. The van der Waals surface area contributed by atoms with Crippen LogP contribution in [0.4, 0.5) is 11.6 Å². The molecule has 0 saturated carbocycles. The van der Waals surface area contributed by atoms with E-state index in [0.29, 0.717) is 11.5 Å². The lowest BCUT2D eigenvalue weighted by Crippen LogP contribution is -2.43. The van der Waals surface area contributed by atoms with Gasteiger partial charge in [0.1, 0.15) is 5.75 Å². The first-order chi connectivity index (χ1) is 16.6. The molecule has 34 heavy (non-hydrogen) atoms. The van der Waals surface area contributed by atoms with Gasteiger partial charge in [-0.05, 0) is 81.5 Å². The Bertz CT molecular complexity index is 1290. The molecule has 1 amide bonds. The largest absolute Gasteiger partial charge is 0.497 e. The van der Waals surface area contributed by atoms with Gasteiger partial charge in [0.05, 0.1) is 12.8 Å². The van der Waals surface area contributed by atoms with Crippen molar-refractivity contribution in [3.8, 4) is 17.0 Å². The minimum atomic E-state index is -0.0325. The molecule has 2 aromatic carbocycles. The highest BCUT2D eigenvalue weighted by molar-refractivity contribution is 5.94. The number of amides is 1. The van der Waals surface area contributed by atoms with Crippen molar-refractivity contribution in [1.29, 1.82) is 0 Å². The number of nitrogens with zero attached hydrogens (tertiary/aromatic N) is 4. The Morgan fingerprint density at radius 2 is 1.79 bits per heavy atom. The third kappa shape index (κ3) is 4.72. The number of carbonyl (C=O) groups excluding carboxylic acids is 1. The first kappa shape index (κ1) is 21.9. The number of benzene rings is 2. The first-order valence-corrected chi connectivity index (χ1v) is 11.5. The van der Waals surface area contributed by atoms with Gasteiger partial charge in [-0.15, -0.1) is 5.10 Å². The van der Waals surface area contributed by atoms with Gasteiger partial charge >= 0.3 is 0 Å². The summed E-state index contributed by atoms with van der Waals surface area (Å²) in [6.45, 7) is 2.03. The number of hydrogen-bond acceptors (Lipinski definition) is 6. The van der Waals surface area contributed by atoms with Crippen molar-refractivity contribution < 1.29 is 9.53 Å². The van der Waals surface area contributed by atoms with Gasteiger partial charge in [0.2, 0.25) is 5.95 Å². The predicted octanol–water partition coefficient (Wildman–Crippen LogP) is 3.97. The number of anilines is 2. The van der Waals surface area contributed by atoms with E-state index in [-0.39, 0.29) is 11.9 Å². The van der Waals surface area contributed by atoms with Crippen LogP contribution in [0.1, 0.15) is 23.2 Å². The highest BCUT2D eigenvalue weighted by Crippen LogP contribution is 2.25. The van der Waals surface area contributed by atoms with E-state index in [1.807, 2.05) is 66.7 Å². The molecule has 0 aliphatic carbocycles. The van der Waals surface area contributed by atoms with E-state index in [9.17, 15) is 4.79 Å². The number of likely N-dealkylation sites (tertiary alicyclic amines) is 1. The molecule has 2 N–H and O–H groups in total. The van der Waals surface area contributed by atoms with Crippen LogP contribution >= 0.6 is 0 Å². The van der Waals surface area contributed by atoms with Crippen molar-refractivity contribution in [2.75, 3.05) is 32.6 Å². The van der Waals surface area contributed by atoms with Crippen molar-refractivity contribution in [2.45, 2.75) is 18.9 Å². The van der Waals surface area contributed by atoms with E-state index in [2.05, 4.69) is 32.7 Å². The third-order valence-corrected chi connectivity index (χ3v) is 6.18. The van der Waals surface area contributed by atoms with Crippen LogP contribution in [0.15, 0.2) is 66.7 Å². The van der Waals surface area contributed by atoms with Crippen LogP contribution in [0, 0.1) is 0 Å². The molecule has 5 rings (SSSR count). The first-order valence-electron chi connectivity index (χ1n) is 11.5. The number of ether oxygens (including phenoxy) is 1. The van der Waals surface area contributed by atoms with E-state index < -0.39 is 0 Å². The Hall–Kier alpha value is -3.91. The van der Waals surface area contributed by atoms with Crippen LogP contribution < -0.4 is 15.4 Å². The molecule has 2 aromatic heterocycles. The number of carbonyl (C=O) groups is 1. The molecule has 0 spiro atoms. The summed E-state index contributed by atoms with van der Waals surface area (Å²) in [6.07, 6.45) is 1.97. The van der Waals surface area contributed by atoms with Crippen LogP contribution in [0.5, 0.6) is 5.75 Å². The minimum Gasteiger partial charge on any atom is -0.497 e. The summed E-state index contributed by atoms with van der Waals surface area (Å²) in [5.74, 6) is 1.24. The summed E-state index contributed by atoms with van der Waals surface area (Å²) >= 11 is 0. The molecule has 8 heteroatoms. The molecule has 3 heterocycles. The second-order valence-corrected chi connectivity index (χ2v) is 8.60. The highest BCUT2D eigenvalue weighted by Gasteiger charge is 2.19. The topological polar surface area (TPSA) is 83.8 Å². The van der Waals surface area contributed by atoms with E-state index in [1.54, 1.807) is 11.6 Å². The summed E-state index contributed by atoms with van der Waals surface area (Å²) in [7, 11) is 3.77. The zero-order valence-electron chi connectivity index (χ0n) is 19.4. The number of aromatic nitrogens is 3. The Morgan fingerprint density at radius 3 is 2.56 bits per heavy atom. The van der Waals surface area contributed by atoms with E-state index in [1.165, 1.54) is 0 Å².